The van der Waals surface area contributed by atoms with Crippen molar-refractivity contribution in [2.45, 2.75) is 6.54 Å². The molecule has 1 fully saturated rings. The van der Waals surface area contributed by atoms with E-state index >= 15 is 0 Å². The Morgan fingerprint density at radius 3 is 2.29 bits per heavy atom. The number of piperazine rings is 1. The fourth-order valence-corrected chi connectivity index (χ4v) is 4.04. The van der Waals surface area contributed by atoms with E-state index in [1.54, 1.807) is 4.68 Å². The zero-order valence-corrected chi connectivity index (χ0v) is 16.6. The van der Waals surface area contributed by atoms with Crippen LogP contribution < -0.4 is 16.2 Å². The van der Waals surface area contributed by atoms with Gasteiger partial charge in [-0.25, -0.2) is 4.68 Å². The van der Waals surface area contributed by atoms with Crippen LogP contribution in [0.4, 0.5) is 11.4 Å². The smallest absolute Gasteiger partial charge is 0.290 e. The Labute approximate surface area is 169 Å². The summed E-state index contributed by atoms with van der Waals surface area (Å²) < 4.78 is 3.49. The zero-order chi connectivity index (χ0) is 19.7. The normalized spacial score (nSPS) is 15.1. The van der Waals surface area contributed by atoms with Gasteiger partial charge in [0.25, 0.3) is 5.56 Å². The molecule has 0 aliphatic carbocycles. The van der Waals surface area contributed by atoms with Crippen molar-refractivity contribution in [3.05, 3.63) is 75.7 Å². The lowest BCUT2D eigenvalue weighted by molar-refractivity contribution is 0.243. The monoisotopic (exact) mass is 397 g/mol. The first-order valence-electron chi connectivity index (χ1n) is 9.40. The van der Waals surface area contributed by atoms with Crippen LogP contribution in [0.25, 0.3) is 5.69 Å². The standard InChI is InChI=1S/C21H24ClN5O/c1-24-19(20(22)21(28)27(24)16-7-3-2-4-8-16)15-25-11-13-26(14-12-25)18-10-6-5-9-17(18)23/h2-10H,11-15,23H2,1H3. The molecule has 2 heterocycles. The van der Waals surface area contributed by atoms with Crippen LogP contribution in [-0.2, 0) is 13.6 Å². The number of halogens is 1. The first-order chi connectivity index (χ1) is 13.6. The van der Waals surface area contributed by atoms with E-state index < -0.39 is 0 Å². The van der Waals surface area contributed by atoms with Gasteiger partial charge >= 0.3 is 0 Å². The van der Waals surface area contributed by atoms with Crippen LogP contribution in [0.3, 0.4) is 0 Å². The lowest BCUT2D eigenvalue weighted by Gasteiger charge is -2.36. The Bertz CT molecular complexity index is 1020. The molecule has 6 nitrogen and oxygen atoms in total. The van der Waals surface area contributed by atoms with E-state index in [-0.39, 0.29) is 5.56 Å². The summed E-state index contributed by atoms with van der Waals surface area (Å²) in [6, 6.07) is 17.5. The first-order valence-corrected chi connectivity index (χ1v) is 9.77. The van der Waals surface area contributed by atoms with E-state index in [4.69, 9.17) is 17.3 Å². The number of nitrogens with two attached hydrogens (primary N) is 1. The Kier molecular flexibility index (Phi) is 5.15. The highest BCUT2D eigenvalue weighted by molar-refractivity contribution is 6.31. The minimum absolute atomic E-state index is 0.180. The molecule has 3 aromatic rings. The van der Waals surface area contributed by atoms with Gasteiger partial charge < -0.3 is 10.6 Å². The third-order valence-electron chi connectivity index (χ3n) is 5.35. The van der Waals surface area contributed by atoms with Crippen molar-refractivity contribution in [2.75, 3.05) is 36.8 Å². The van der Waals surface area contributed by atoms with Crippen molar-refractivity contribution in [3.8, 4) is 5.69 Å². The molecule has 0 saturated carbocycles. The molecular weight excluding hydrogens is 374 g/mol. The minimum atomic E-state index is -0.180. The fourth-order valence-electron chi connectivity index (χ4n) is 3.78. The number of nitrogens with zero attached hydrogens (tertiary/aromatic N) is 4. The van der Waals surface area contributed by atoms with Gasteiger partial charge in [-0.05, 0) is 24.3 Å². The van der Waals surface area contributed by atoms with Gasteiger partial charge in [-0.15, -0.1) is 0 Å². The van der Waals surface area contributed by atoms with E-state index in [1.807, 2.05) is 60.3 Å². The van der Waals surface area contributed by atoms with Crippen molar-refractivity contribution in [2.24, 2.45) is 7.05 Å². The number of anilines is 2. The van der Waals surface area contributed by atoms with Crippen molar-refractivity contribution in [1.82, 2.24) is 14.3 Å². The molecule has 146 valence electrons. The predicted molar refractivity (Wildman–Crippen MR) is 114 cm³/mol. The number of rotatable bonds is 4. The van der Waals surface area contributed by atoms with Crippen LogP contribution in [0.15, 0.2) is 59.4 Å². The van der Waals surface area contributed by atoms with Crippen molar-refractivity contribution in [3.63, 3.8) is 0 Å². The molecule has 2 aromatic carbocycles. The molecule has 1 saturated heterocycles. The Morgan fingerprint density at radius 2 is 1.61 bits per heavy atom. The van der Waals surface area contributed by atoms with Gasteiger partial charge in [0.1, 0.15) is 5.02 Å². The number of para-hydroxylation sites is 3. The highest BCUT2D eigenvalue weighted by Crippen LogP contribution is 2.24. The topological polar surface area (TPSA) is 59.4 Å². The summed E-state index contributed by atoms with van der Waals surface area (Å²) in [5.74, 6) is 0. The average molecular weight is 398 g/mol. The summed E-state index contributed by atoms with van der Waals surface area (Å²) >= 11 is 6.43. The van der Waals surface area contributed by atoms with Crippen LogP contribution in [-0.4, -0.2) is 40.4 Å². The van der Waals surface area contributed by atoms with E-state index in [1.165, 1.54) is 0 Å². The van der Waals surface area contributed by atoms with Gasteiger partial charge in [0.15, 0.2) is 0 Å². The third-order valence-corrected chi connectivity index (χ3v) is 5.73. The molecule has 1 aliphatic heterocycles. The van der Waals surface area contributed by atoms with Gasteiger partial charge in [0.05, 0.1) is 22.8 Å². The molecule has 2 N–H and O–H groups in total. The second-order valence-electron chi connectivity index (χ2n) is 7.06. The van der Waals surface area contributed by atoms with Gasteiger partial charge in [-0.1, -0.05) is 41.9 Å². The lowest BCUT2D eigenvalue weighted by Crippen LogP contribution is -2.46. The number of hydrogen-bond acceptors (Lipinski definition) is 4. The lowest BCUT2D eigenvalue weighted by atomic mass is 10.2. The van der Waals surface area contributed by atoms with Crippen LogP contribution in [0.5, 0.6) is 0 Å². The average Bonchev–Trinajstić information content (AvgIpc) is 2.93. The van der Waals surface area contributed by atoms with E-state index in [0.29, 0.717) is 11.6 Å². The van der Waals surface area contributed by atoms with Crippen molar-refractivity contribution < 1.29 is 0 Å². The molecule has 0 spiro atoms. The summed E-state index contributed by atoms with van der Waals surface area (Å²) in [6.45, 7) is 4.19. The Hall–Kier alpha value is -2.70. The first kappa shape index (κ1) is 18.7. The van der Waals surface area contributed by atoms with E-state index in [9.17, 15) is 4.79 Å². The number of hydrogen-bond donors (Lipinski definition) is 1. The Balaban J connectivity index is 1.51. The molecule has 0 atom stereocenters. The fraction of sp³-hybridized carbons (Fsp3) is 0.286. The molecule has 28 heavy (non-hydrogen) atoms. The molecule has 1 aliphatic rings. The molecule has 4 rings (SSSR count). The van der Waals surface area contributed by atoms with Crippen LogP contribution >= 0.6 is 11.6 Å². The molecule has 0 amide bonds. The maximum absolute atomic E-state index is 12.7. The summed E-state index contributed by atoms with van der Waals surface area (Å²) in [5, 5.41) is 0.293. The predicted octanol–water partition coefficient (Wildman–Crippen LogP) is 2.73. The van der Waals surface area contributed by atoms with Gasteiger partial charge in [0, 0.05) is 39.8 Å². The van der Waals surface area contributed by atoms with Crippen LogP contribution in [0.2, 0.25) is 5.02 Å². The third kappa shape index (κ3) is 3.41. The molecule has 1 aromatic heterocycles. The zero-order valence-electron chi connectivity index (χ0n) is 15.9. The number of nitrogen functional groups attached to an aromatic ring is 1. The van der Waals surface area contributed by atoms with Crippen LogP contribution in [0, 0.1) is 0 Å². The summed E-state index contributed by atoms with van der Waals surface area (Å²) in [7, 11) is 1.89. The van der Waals surface area contributed by atoms with Crippen LogP contribution in [0.1, 0.15) is 5.69 Å². The van der Waals surface area contributed by atoms with Gasteiger partial charge in [-0.2, -0.15) is 0 Å². The summed E-state index contributed by atoms with van der Waals surface area (Å²) in [6.07, 6.45) is 0. The highest BCUT2D eigenvalue weighted by Gasteiger charge is 2.23. The second kappa shape index (κ2) is 7.73. The Morgan fingerprint density at radius 1 is 0.964 bits per heavy atom. The molecule has 7 heteroatoms. The summed E-state index contributed by atoms with van der Waals surface area (Å²) in [4.78, 5) is 17.3. The second-order valence-corrected chi connectivity index (χ2v) is 7.44. The maximum Gasteiger partial charge on any atom is 0.290 e. The molecule has 0 bridgehead atoms. The number of benzene rings is 2. The van der Waals surface area contributed by atoms with Gasteiger partial charge in [-0.3, -0.25) is 14.4 Å². The van der Waals surface area contributed by atoms with Crippen molar-refractivity contribution >= 4 is 23.0 Å². The SMILES string of the molecule is Cn1c(CN2CCN(c3ccccc3N)CC2)c(Cl)c(=O)n1-c1ccccc1. The largest absolute Gasteiger partial charge is 0.397 e. The quantitative estimate of drug-likeness (QED) is 0.688. The maximum atomic E-state index is 12.7. The molecular formula is C21H24ClN5O. The molecule has 0 radical (unpaired) electrons. The number of aromatic nitrogens is 2. The minimum Gasteiger partial charge on any atom is -0.397 e. The van der Waals surface area contributed by atoms with Gasteiger partial charge in [0.2, 0.25) is 0 Å². The van der Waals surface area contributed by atoms with E-state index in [0.717, 1.165) is 48.9 Å². The highest BCUT2D eigenvalue weighted by atomic mass is 35.5. The van der Waals surface area contributed by atoms with E-state index in [2.05, 4.69) is 15.9 Å². The molecule has 0 unspecified atom stereocenters. The van der Waals surface area contributed by atoms with Crippen molar-refractivity contribution in [1.29, 1.82) is 0 Å². The summed E-state index contributed by atoms with van der Waals surface area (Å²) in [5.41, 5.74) is 9.47.